The van der Waals surface area contributed by atoms with Crippen LogP contribution in [0, 0.1) is 11.3 Å². The van der Waals surface area contributed by atoms with E-state index >= 15 is 0 Å². The highest BCUT2D eigenvalue weighted by atomic mass is 127. The summed E-state index contributed by atoms with van der Waals surface area (Å²) in [7, 11) is 1.69. The molecular formula is C17H10I2N2O2. The molecule has 0 saturated carbocycles. The topological polar surface area (TPSA) is 58.9 Å². The SMILES string of the molecule is Cn1c(=O)oc2cc(/C(I)=C(/I)c3ccc(C#N)cc3)ccc21. The van der Waals surface area contributed by atoms with Gasteiger partial charge in [-0.15, -0.1) is 0 Å². The number of fused-ring (bicyclic) bond motifs is 1. The Morgan fingerprint density at radius 3 is 2.35 bits per heavy atom. The molecule has 0 amide bonds. The fourth-order valence-electron chi connectivity index (χ4n) is 2.21. The first-order chi connectivity index (χ1) is 11.0. The fraction of sp³-hybridized carbons (Fsp3) is 0.0588. The van der Waals surface area contributed by atoms with Crippen LogP contribution >= 0.6 is 45.2 Å². The Labute approximate surface area is 159 Å². The van der Waals surface area contributed by atoms with Gasteiger partial charge < -0.3 is 4.42 Å². The highest BCUT2D eigenvalue weighted by Gasteiger charge is 2.11. The Bertz CT molecular complexity index is 1020. The molecule has 0 radical (unpaired) electrons. The summed E-state index contributed by atoms with van der Waals surface area (Å²) in [5, 5.41) is 8.88. The molecule has 0 aliphatic heterocycles. The first kappa shape index (κ1) is 16.3. The molecule has 2 aromatic carbocycles. The van der Waals surface area contributed by atoms with Crippen molar-refractivity contribution in [3.63, 3.8) is 0 Å². The summed E-state index contributed by atoms with van der Waals surface area (Å²) >= 11 is 4.57. The number of hydrogen-bond acceptors (Lipinski definition) is 3. The van der Waals surface area contributed by atoms with Crippen molar-refractivity contribution in [2.24, 2.45) is 7.05 Å². The molecule has 0 aliphatic rings. The second-order valence-electron chi connectivity index (χ2n) is 4.93. The lowest BCUT2D eigenvalue weighted by atomic mass is 10.1. The Balaban J connectivity index is 2.08. The van der Waals surface area contributed by atoms with Crippen LogP contribution in [0.3, 0.4) is 0 Å². The minimum Gasteiger partial charge on any atom is -0.408 e. The van der Waals surface area contributed by atoms with Crippen LogP contribution in [0.25, 0.3) is 18.3 Å². The van der Waals surface area contributed by atoms with Crippen LogP contribution in [-0.2, 0) is 7.05 Å². The molecule has 1 heterocycles. The number of nitriles is 1. The van der Waals surface area contributed by atoms with Crippen LogP contribution in [-0.4, -0.2) is 4.57 Å². The number of halogens is 2. The Hall–Kier alpha value is -1.60. The van der Waals surface area contributed by atoms with Crippen LogP contribution < -0.4 is 5.76 Å². The third kappa shape index (κ3) is 3.07. The number of benzene rings is 2. The van der Waals surface area contributed by atoms with Gasteiger partial charge in [0.1, 0.15) is 0 Å². The lowest BCUT2D eigenvalue weighted by Gasteiger charge is -2.06. The molecule has 0 unspecified atom stereocenters. The number of oxazole rings is 1. The van der Waals surface area contributed by atoms with Gasteiger partial charge in [-0.2, -0.15) is 5.26 Å². The maximum absolute atomic E-state index is 11.6. The number of hydrogen-bond donors (Lipinski definition) is 0. The normalized spacial score (nSPS) is 12.1. The molecule has 0 saturated heterocycles. The second kappa shape index (κ2) is 6.49. The van der Waals surface area contributed by atoms with E-state index in [4.69, 9.17) is 9.68 Å². The zero-order valence-corrected chi connectivity index (χ0v) is 16.3. The zero-order chi connectivity index (χ0) is 16.6. The summed E-state index contributed by atoms with van der Waals surface area (Å²) in [5.41, 5.74) is 4.02. The molecule has 0 N–H and O–H groups in total. The number of nitrogens with zero attached hydrogens (tertiary/aromatic N) is 2. The first-order valence-electron chi connectivity index (χ1n) is 6.67. The minimum absolute atomic E-state index is 0.363. The Kier molecular flexibility index (Phi) is 4.59. The predicted octanol–water partition coefficient (Wildman–Crippen LogP) is 4.70. The molecule has 23 heavy (non-hydrogen) atoms. The van der Waals surface area contributed by atoms with Crippen molar-refractivity contribution < 1.29 is 4.42 Å². The number of aryl methyl sites for hydroxylation is 1. The van der Waals surface area contributed by atoms with Crippen molar-refractivity contribution in [3.8, 4) is 6.07 Å². The van der Waals surface area contributed by atoms with E-state index in [2.05, 4.69) is 51.3 Å². The summed E-state index contributed by atoms with van der Waals surface area (Å²) in [6, 6.07) is 15.3. The molecule has 4 nitrogen and oxygen atoms in total. The standard InChI is InChI=1S/C17H10I2N2O2/c1-21-13-7-6-12(8-14(13)23-17(21)22)16(19)15(18)11-4-2-10(9-20)3-5-11/h2-8H,1H3/b16-15-. The van der Waals surface area contributed by atoms with Crippen LogP contribution in [0.15, 0.2) is 51.7 Å². The van der Waals surface area contributed by atoms with Gasteiger partial charge in [-0.1, -0.05) is 18.2 Å². The molecule has 3 rings (SSSR count). The van der Waals surface area contributed by atoms with Gasteiger partial charge in [-0.25, -0.2) is 4.79 Å². The van der Waals surface area contributed by atoms with Crippen molar-refractivity contribution in [2.75, 3.05) is 0 Å². The van der Waals surface area contributed by atoms with E-state index < -0.39 is 0 Å². The maximum Gasteiger partial charge on any atom is 0.419 e. The minimum atomic E-state index is -0.363. The Morgan fingerprint density at radius 1 is 1.09 bits per heavy atom. The van der Waals surface area contributed by atoms with E-state index in [9.17, 15) is 4.79 Å². The fourth-order valence-corrected chi connectivity index (χ4v) is 3.53. The predicted molar refractivity (Wildman–Crippen MR) is 107 cm³/mol. The van der Waals surface area contributed by atoms with Gasteiger partial charge in [0, 0.05) is 14.2 Å². The van der Waals surface area contributed by atoms with Crippen LogP contribution in [0.5, 0.6) is 0 Å². The highest BCUT2D eigenvalue weighted by molar-refractivity contribution is 14.1. The van der Waals surface area contributed by atoms with Crippen molar-refractivity contribution in [1.82, 2.24) is 4.57 Å². The molecule has 0 bridgehead atoms. The van der Waals surface area contributed by atoms with Gasteiger partial charge >= 0.3 is 5.76 Å². The van der Waals surface area contributed by atoms with Crippen LogP contribution in [0.4, 0.5) is 0 Å². The molecule has 1 aromatic heterocycles. The van der Waals surface area contributed by atoms with E-state index in [0.29, 0.717) is 11.1 Å². The second-order valence-corrected chi connectivity index (χ2v) is 7.08. The molecule has 0 spiro atoms. The number of rotatable bonds is 2. The summed E-state index contributed by atoms with van der Waals surface area (Å²) in [4.78, 5) is 11.6. The van der Waals surface area contributed by atoms with E-state index in [0.717, 1.165) is 23.8 Å². The van der Waals surface area contributed by atoms with E-state index in [1.54, 1.807) is 19.2 Å². The van der Waals surface area contributed by atoms with Gasteiger partial charge in [-0.3, -0.25) is 4.57 Å². The summed E-state index contributed by atoms with van der Waals surface area (Å²) in [6.07, 6.45) is 0. The van der Waals surface area contributed by atoms with Gasteiger partial charge in [0.05, 0.1) is 17.1 Å². The largest absolute Gasteiger partial charge is 0.419 e. The molecule has 0 aliphatic carbocycles. The van der Waals surface area contributed by atoms with Crippen molar-refractivity contribution in [2.45, 2.75) is 0 Å². The Morgan fingerprint density at radius 2 is 1.70 bits per heavy atom. The van der Waals surface area contributed by atoms with Crippen molar-refractivity contribution in [1.29, 1.82) is 5.26 Å². The van der Waals surface area contributed by atoms with E-state index in [1.165, 1.54) is 4.57 Å². The van der Waals surface area contributed by atoms with Gasteiger partial charge in [0.25, 0.3) is 0 Å². The van der Waals surface area contributed by atoms with Gasteiger partial charge in [0.2, 0.25) is 0 Å². The van der Waals surface area contributed by atoms with Crippen LogP contribution in [0.2, 0.25) is 0 Å². The average molecular weight is 528 g/mol. The van der Waals surface area contributed by atoms with Crippen molar-refractivity contribution in [3.05, 3.63) is 69.7 Å². The smallest absolute Gasteiger partial charge is 0.408 e. The maximum atomic E-state index is 11.6. The van der Waals surface area contributed by atoms with E-state index in [1.807, 2.05) is 30.3 Å². The highest BCUT2D eigenvalue weighted by Crippen LogP contribution is 2.37. The van der Waals surface area contributed by atoms with Gasteiger partial charge in [0.15, 0.2) is 5.58 Å². The quantitative estimate of drug-likeness (QED) is 0.358. The molecule has 6 heteroatoms. The monoisotopic (exact) mass is 528 g/mol. The summed E-state index contributed by atoms with van der Waals surface area (Å²) in [5.74, 6) is -0.363. The zero-order valence-electron chi connectivity index (χ0n) is 12.0. The molecule has 0 fully saturated rings. The molecule has 3 aromatic rings. The first-order valence-corrected chi connectivity index (χ1v) is 8.83. The lowest BCUT2D eigenvalue weighted by molar-refractivity contribution is 0.528. The van der Waals surface area contributed by atoms with Crippen LogP contribution in [0.1, 0.15) is 16.7 Å². The molecule has 114 valence electrons. The lowest BCUT2D eigenvalue weighted by Crippen LogP contribution is -2.08. The average Bonchev–Trinajstić information content (AvgIpc) is 2.87. The third-order valence-corrected chi connectivity index (χ3v) is 6.86. The van der Waals surface area contributed by atoms with Crippen molar-refractivity contribution >= 4 is 63.4 Å². The summed E-state index contributed by atoms with van der Waals surface area (Å²) < 4.78 is 8.87. The number of aromatic nitrogens is 1. The molecule has 0 atom stereocenters. The van der Waals surface area contributed by atoms with E-state index in [-0.39, 0.29) is 5.76 Å². The molecular weight excluding hydrogens is 518 g/mol. The third-order valence-electron chi connectivity index (χ3n) is 3.51. The summed E-state index contributed by atoms with van der Waals surface area (Å²) in [6.45, 7) is 0. The van der Waals surface area contributed by atoms with Gasteiger partial charge in [-0.05, 0) is 80.6 Å².